The van der Waals surface area contributed by atoms with Crippen molar-refractivity contribution in [3.05, 3.63) is 52.0 Å². The summed E-state index contributed by atoms with van der Waals surface area (Å²) in [5.74, 6) is 0.189. The molecule has 2 aromatic heterocycles. The predicted molar refractivity (Wildman–Crippen MR) is 76.2 cm³/mol. The van der Waals surface area contributed by atoms with Crippen molar-refractivity contribution in [2.24, 2.45) is 7.05 Å². The number of anilines is 1. The molecule has 0 spiro atoms. The van der Waals surface area contributed by atoms with E-state index >= 15 is 0 Å². The van der Waals surface area contributed by atoms with Gasteiger partial charge in [0.05, 0.1) is 5.52 Å². The van der Waals surface area contributed by atoms with E-state index in [0.29, 0.717) is 16.7 Å². The van der Waals surface area contributed by atoms with Crippen LogP contribution in [0.2, 0.25) is 0 Å². The first-order chi connectivity index (χ1) is 10.1. The number of carbonyl (C=O) groups excluding carboxylic acids is 1. The van der Waals surface area contributed by atoms with E-state index in [-0.39, 0.29) is 11.5 Å². The van der Waals surface area contributed by atoms with Crippen LogP contribution in [0.4, 0.5) is 5.82 Å². The van der Waals surface area contributed by atoms with E-state index in [9.17, 15) is 9.59 Å². The van der Waals surface area contributed by atoms with Crippen LogP contribution in [-0.2, 0) is 7.05 Å². The number of aromatic nitrogens is 3. The number of fused-ring (bicyclic) bond motifs is 1. The van der Waals surface area contributed by atoms with Gasteiger partial charge in [0.15, 0.2) is 11.5 Å². The Labute approximate surface area is 119 Å². The van der Waals surface area contributed by atoms with Crippen LogP contribution in [0.1, 0.15) is 16.2 Å². The largest absolute Gasteiger partial charge is 0.360 e. The summed E-state index contributed by atoms with van der Waals surface area (Å²) in [6, 6.07) is 8.54. The van der Waals surface area contributed by atoms with Crippen LogP contribution in [0, 0.1) is 6.92 Å². The summed E-state index contributed by atoms with van der Waals surface area (Å²) in [5, 5.41) is 10.6. The van der Waals surface area contributed by atoms with Crippen LogP contribution in [0.5, 0.6) is 0 Å². The summed E-state index contributed by atoms with van der Waals surface area (Å²) in [4.78, 5) is 24.5. The number of benzene rings is 1. The first-order valence-electron chi connectivity index (χ1n) is 6.27. The van der Waals surface area contributed by atoms with Crippen molar-refractivity contribution in [3.8, 4) is 0 Å². The van der Waals surface area contributed by atoms with E-state index in [1.165, 1.54) is 4.68 Å². The van der Waals surface area contributed by atoms with Gasteiger partial charge in [-0.05, 0) is 19.1 Å². The molecular formula is C14H12N4O3. The van der Waals surface area contributed by atoms with Gasteiger partial charge >= 0.3 is 0 Å². The Bertz CT molecular complexity index is 895. The molecule has 0 bridgehead atoms. The second-order valence-corrected chi connectivity index (χ2v) is 4.60. The van der Waals surface area contributed by atoms with Gasteiger partial charge in [0.1, 0.15) is 5.76 Å². The molecule has 0 aliphatic carbocycles. The van der Waals surface area contributed by atoms with Gasteiger partial charge in [-0.3, -0.25) is 14.3 Å². The highest BCUT2D eigenvalue weighted by Crippen LogP contribution is 2.10. The lowest BCUT2D eigenvalue weighted by molar-refractivity contribution is 0.101. The average Bonchev–Trinajstić information content (AvgIpc) is 2.88. The van der Waals surface area contributed by atoms with Gasteiger partial charge in [0.25, 0.3) is 5.91 Å². The maximum Gasteiger partial charge on any atom is 0.281 e. The lowest BCUT2D eigenvalue weighted by Crippen LogP contribution is -2.26. The fraction of sp³-hybridized carbons (Fsp3) is 0.143. The highest BCUT2D eigenvalue weighted by molar-refractivity contribution is 6.03. The van der Waals surface area contributed by atoms with E-state index in [1.54, 1.807) is 44.3 Å². The average molecular weight is 284 g/mol. The quantitative estimate of drug-likeness (QED) is 0.769. The van der Waals surface area contributed by atoms with Crippen LogP contribution in [0.3, 0.4) is 0 Å². The number of nitrogens with one attached hydrogen (secondary N) is 1. The van der Waals surface area contributed by atoms with Crippen LogP contribution in [0.25, 0.3) is 10.9 Å². The number of nitrogens with zero attached hydrogens (tertiary/aromatic N) is 3. The molecule has 7 heteroatoms. The van der Waals surface area contributed by atoms with Crippen molar-refractivity contribution in [3.63, 3.8) is 0 Å². The number of para-hydroxylation sites is 1. The van der Waals surface area contributed by atoms with Gasteiger partial charge in [-0.15, -0.1) is 0 Å². The summed E-state index contributed by atoms with van der Waals surface area (Å²) in [7, 11) is 1.68. The number of aryl methyl sites for hydroxylation is 2. The molecule has 7 nitrogen and oxygen atoms in total. The lowest BCUT2D eigenvalue weighted by atomic mass is 10.2. The minimum absolute atomic E-state index is 0.183. The number of amides is 1. The lowest BCUT2D eigenvalue weighted by Gasteiger charge is -2.06. The predicted octanol–water partition coefficient (Wildman–Crippen LogP) is 1.48. The second-order valence-electron chi connectivity index (χ2n) is 4.60. The maximum absolute atomic E-state index is 12.3. The monoisotopic (exact) mass is 284 g/mol. The van der Waals surface area contributed by atoms with Gasteiger partial charge in [0, 0.05) is 18.5 Å². The Morgan fingerprint density at radius 1 is 1.33 bits per heavy atom. The SMILES string of the molecule is Cc1cc(NC(=O)c2nn(C)c3ccccc3c2=O)no1. The van der Waals surface area contributed by atoms with Crippen molar-refractivity contribution in [1.29, 1.82) is 0 Å². The molecular weight excluding hydrogens is 272 g/mol. The van der Waals surface area contributed by atoms with Gasteiger partial charge in [-0.2, -0.15) is 5.10 Å². The van der Waals surface area contributed by atoms with Gasteiger partial charge in [0.2, 0.25) is 5.43 Å². The second kappa shape index (κ2) is 4.86. The Balaban J connectivity index is 2.06. The molecule has 106 valence electrons. The zero-order valence-corrected chi connectivity index (χ0v) is 11.5. The van der Waals surface area contributed by atoms with Crippen LogP contribution < -0.4 is 10.7 Å². The van der Waals surface area contributed by atoms with Crippen molar-refractivity contribution in [2.45, 2.75) is 6.92 Å². The maximum atomic E-state index is 12.3. The minimum Gasteiger partial charge on any atom is -0.360 e. The fourth-order valence-electron chi connectivity index (χ4n) is 2.07. The van der Waals surface area contributed by atoms with E-state index < -0.39 is 11.3 Å². The third kappa shape index (κ3) is 2.29. The minimum atomic E-state index is -0.616. The molecule has 0 fully saturated rings. The van der Waals surface area contributed by atoms with Crippen molar-refractivity contribution in [2.75, 3.05) is 5.32 Å². The molecule has 2 heterocycles. The van der Waals surface area contributed by atoms with E-state index in [2.05, 4.69) is 15.6 Å². The topological polar surface area (TPSA) is 90.0 Å². The third-order valence-electron chi connectivity index (χ3n) is 3.05. The molecule has 0 atom stereocenters. The molecule has 1 aromatic carbocycles. The van der Waals surface area contributed by atoms with Crippen LogP contribution in [-0.4, -0.2) is 20.8 Å². The molecule has 0 radical (unpaired) electrons. The van der Waals surface area contributed by atoms with Gasteiger partial charge in [-0.1, -0.05) is 17.3 Å². The summed E-state index contributed by atoms with van der Waals surface area (Å²) in [6.07, 6.45) is 0. The first-order valence-corrected chi connectivity index (χ1v) is 6.27. The number of rotatable bonds is 2. The molecule has 1 N–H and O–H groups in total. The van der Waals surface area contributed by atoms with Crippen molar-refractivity contribution in [1.82, 2.24) is 14.9 Å². The zero-order chi connectivity index (χ0) is 15.0. The molecule has 0 saturated carbocycles. The van der Waals surface area contributed by atoms with E-state index in [4.69, 9.17) is 4.52 Å². The van der Waals surface area contributed by atoms with Crippen LogP contribution in [0.15, 0.2) is 39.6 Å². The number of carbonyl (C=O) groups is 1. The Morgan fingerprint density at radius 2 is 2.10 bits per heavy atom. The smallest absolute Gasteiger partial charge is 0.281 e. The molecule has 1 amide bonds. The Hall–Kier alpha value is -2.96. The summed E-state index contributed by atoms with van der Waals surface area (Å²) < 4.78 is 6.36. The normalized spacial score (nSPS) is 10.8. The summed E-state index contributed by atoms with van der Waals surface area (Å²) in [5.41, 5.74) is 0.0644. The van der Waals surface area contributed by atoms with Gasteiger partial charge in [-0.25, -0.2) is 0 Å². The molecule has 0 saturated heterocycles. The summed E-state index contributed by atoms with van der Waals surface area (Å²) in [6.45, 7) is 1.70. The molecule has 21 heavy (non-hydrogen) atoms. The van der Waals surface area contributed by atoms with Gasteiger partial charge < -0.3 is 9.84 Å². The third-order valence-corrected chi connectivity index (χ3v) is 3.05. The Kier molecular flexibility index (Phi) is 3.02. The zero-order valence-electron chi connectivity index (χ0n) is 11.5. The molecule has 0 unspecified atom stereocenters. The van der Waals surface area contributed by atoms with E-state index in [0.717, 1.165) is 0 Å². The molecule has 0 aliphatic rings. The number of hydrogen-bond acceptors (Lipinski definition) is 5. The Morgan fingerprint density at radius 3 is 2.81 bits per heavy atom. The highest BCUT2D eigenvalue weighted by atomic mass is 16.5. The molecule has 0 aliphatic heterocycles. The van der Waals surface area contributed by atoms with Crippen LogP contribution >= 0.6 is 0 Å². The van der Waals surface area contributed by atoms with E-state index in [1.807, 2.05) is 0 Å². The molecule has 3 aromatic rings. The van der Waals surface area contributed by atoms with Crippen molar-refractivity contribution < 1.29 is 9.32 Å². The first kappa shape index (κ1) is 13.0. The standard InChI is InChI=1S/C14H12N4O3/c1-8-7-11(17-21-8)15-14(20)12-13(19)9-5-3-4-6-10(9)18(2)16-12/h3-7H,1-2H3,(H,15,17,20). The summed E-state index contributed by atoms with van der Waals surface area (Å²) >= 11 is 0. The van der Waals surface area contributed by atoms with Crippen molar-refractivity contribution >= 4 is 22.6 Å². The number of hydrogen-bond donors (Lipinski definition) is 1. The molecule has 3 rings (SSSR count). The fourth-order valence-corrected chi connectivity index (χ4v) is 2.07. The highest BCUT2D eigenvalue weighted by Gasteiger charge is 2.17.